The molecule has 1 aliphatic rings. The van der Waals surface area contributed by atoms with Crippen molar-refractivity contribution in [2.24, 2.45) is 0 Å². The van der Waals surface area contributed by atoms with Gasteiger partial charge in [-0.05, 0) is 13.3 Å². The number of aliphatic hydroxyl groups excluding tert-OH is 1. The number of aryl methyl sites for hydroxylation is 2. The van der Waals surface area contributed by atoms with E-state index in [1.807, 2.05) is 11.5 Å². The van der Waals surface area contributed by atoms with E-state index >= 15 is 0 Å². The lowest BCUT2D eigenvalue weighted by Gasteiger charge is -2.24. The molecule has 0 spiro atoms. The second-order valence-corrected chi connectivity index (χ2v) is 7.08. The standard InChI is InChI=1S/C12H22N4O3S/c1-4-5-16-8-12(14-9(16)2)20(18,19)15(3)10-6-13-7-11(10)17/h8,10-11,13,17H,4-7H2,1-3H3/t10-,11-/m1/s1. The second-order valence-electron chi connectivity index (χ2n) is 5.13. The van der Waals surface area contributed by atoms with E-state index < -0.39 is 22.2 Å². The normalized spacial score (nSPS) is 23.6. The highest BCUT2D eigenvalue weighted by atomic mass is 32.2. The Labute approximate surface area is 119 Å². The molecule has 0 saturated carbocycles. The van der Waals surface area contributed by atoms with Crippen molar-refractivity contribution in [2.75, 3.05) is 20.1 Å². The van der Waals surface area contributed by atoms with Crippen LogP contribution in [-0.4, -0.2) is 59.7 Å². The fraction of sp³-hybridized carbons (Fsp3) is 0.750. The number of aliphatic hydroxyl groups is 1. The average Bonchev–Trinajstić information content (AvgIpc) is 2.96. The highest BCUT2D eigenvalue weighted by Gasteiger charge is 2.36. The Morgan fingerprint density at radius 3 is 2.80 bits per heavy atom. The van der Waals surface area contributed by atoms with Crippen molar-refractivity contribution in [3.8, 4) is 0 Å². The van der Waals surface area contributed by atoms with Crippen molar-refractivity contribution in [1.29, 1.82) is 0 Å². The van der Waals surface area contributed by atoms with Crippen LogP contribution in [0.3, 0.4) is 0 Å². The minimum atomic E-state index is -3.67. The largest absolute Gasteiger partial charge is 0.390 e. The molecule has 1 aromatic rings. The first-order chi connectivity index (χ1) is 9.37. The van der Waals surface area contributed by atoms with Crippen LogP contribution in [0.15, 0.2) is 11.2 Å². The molecule has 0 radical (unpaired) electrons. The van der Waals surface area contributed by atoms with Crippen molar-refractivity contribution in [3.63, 3.8) is 0 Å². The first kappa shape index (κ1) is 15.4. The van der Waals surface area contributed by atoms with Gasteiger partial charge in [0.1, 0.15) is 5.82 Å². The molecule has 2 N–H and O–H groups in total. The summed E-state index contributed by atoms with van der Waals surface area (Å²) >= 11 is 0. The van der Waals surface area contributed by atoms with Crippen molar-refractivity contribution in [3.05, 3.63) is 12.0 Å². The van der Waals surface area contributed by atoms with Gasteiger partial charge in [0.15, 0.2) is 5.03 Å². The van der Waals surface area contributed by atoms with E-state index in [-0.39, 0.29) is 5.03 Å². The van der Waals surface area contributed by atoms with Gasteiger partial charge in [-0.15, -0.1) is 0 Å². The van der Waals surface area contributed by atoms with Gasteiger partial charge in [0.25, 0.3) is 10.0 Å². The first-order valence-corrected chi connectivity index (χ1v) is 8.22. The number of rotatable bonds is 5. The molecule has 0 amide bonds. The first-order valence-electron chi connectivity index (χ1n) is 6.78. The zero-order chi connectivity index (χ0) is 14.9. The molecule has 2 rings (SSSR count). The molecule has 20 heavy (non-hydrogen) atoms. The van der Waals surface area contributed by atoms with E-state index in [2.05, 4.69) is 10.3 Å². The van der Waals surface area contributed by atoms with Crippen molar-refractivity contribution in [1.82, 2.24) is 19.2 Å². The van der Waals surface area contributed by atoms with E-state index in [0.717, 1.165) is 13.0 Å². The molecule has 2 heterocycles. The summed E-state index contributed by atoms with van der Waals surface area (Å²) in [6.45, 7) is 5.42. The lowest BCUT2D eigenvalue weighted by molar-refractivity contribution is 0.136. The number of nitrogens with zero attached hydrogens (tertiary/aromatic N) is 3. The SMILES string of the molecule is CCCn1cc(S(=O)(=O)N(C)[C@@H]2CNC[C@H]2O)nc1C. The summed E-state index contributed by atoms with van der Waals surface area (Å²) in [6, 6.07) is -0.448. The van der Waals surface area contributed by atoms with Gasteiger partial charge in [-0.1, -0.05) is 6.92 Å². The summed E-state index contributed by atoms with van der Waals surface area (Å²) in [4.78, 5) is 4.15. The summed E-state index contributed by atoms with van der Waals surface area (Å²) in [5.74, 6) is 0.684. The molecular weight excluding hydrogens is 280 g/mol. The number of likely N-dealkylation sites (N-methyl/N-ethyl adjacent to an activating group) is 1. The molecule has 0 aromatic carbocycles. The van der Waals surface area contributed by atoms with Crippen LogP contribution in [0.25, 0.3) is 0 Å². The van der Waals surface area contributed by atoms with E-state index in [0.29, 0.717) is 18.9 Å². The van der Waals surface area contributed by atoms with Gasteiger partial charge in [-0.2, -0.15) is 4.31 Å². The lowest BCUT2D eigenvalue weighted by Crippen LogP contribution is -2.44. The maximum Gasteiger partial charge on any atom is 0.262 e. The molecule has 1 aliphatic heterocycles. The molecule has 8 heteroatoms. The van der Waals surface area contributed by atoms with Gasteiger partial charge >= 0.3 is 0 Å². The quantitative estimate of drug-likeness (QED) is 0.769. The van der Waals surface area contributed by atoms with E-state index in [1.165, 1.54) is 11.4 Å². The molecule has 1 saturated heterocycles. The highest BCUT2D eigenvalue weighted by molar-refractivity contribution is 7.89. The number of β-amino-alcohol motifs (C(OH)–C–C–N with tert-alkyl or cyclic N) is 1. The van der Waals surface area contributed by atoms with E-state index in [1.54, 1.807) is 13.1 Å². The van der Waals surface area contributed by atoms with Gasteiger partial charge in [0.05, 0.1) is 12.1 Å². The Balaban J connectivity index is 2.27. The van der Waals surface area contributed by atoms with Crippen molar-refractivity contribution in [2.45, 2.75) is 44.0 Å². The maximum atomic E-state index is 12.5. The molecule has 114 valence electrons. The van der Waals surface area contributed by atoms with Crippen LogP contribution in [-0.2, 0) is 16.6 Å². The number of sulfonamides is 1. The molecule has 0 bridgehead atoms. The van der Waals surface area contributed by atoms with Crippen LogP contribution in [0.1, 0.15) is 19.2 Å². The topological polar surface area (TPSA) is 87.5 Å². The molecule has 1 fully saturated rings. The molecule has 2 atom stereocenters. The summed E-state index contributed by atoms with van der Waals surface area (Å²) in [6.07, 6.45) is 1.80. The average molecular weight is 302 g/mol. The third kappa shape index (κ3) is 2.73. The third-order valence-electron chi connectivity index (χ3n) is 3.68. The molecular formula is C12H22N4O3S. The number of hydrogen-bond donors (Lipinski definition) is 2. The van der Waals surface area contributed by atoms with Crippen LogP contribution in [0, 0.1) is 6.92 Å². The molecule has 0 aliphatic carbocycles. The zero-order valence-electron chi connectivity index (χ0n) is 12.1. The zero-order valence-corrected chi connectivity index (χ0v) is 12.9. The smallest absolute Gasteiger partial charge is 0.262 e. The van der Waals surface area contributed by atoms with Gasteiger partial charge in [0.2, 0.25) is 0 Å². The lowest BCUT2D eigenvalue weighted by atomic mass is 10.2. The van der Waals surface area contributed by atoms with Crippen LogP contribution < -0.4 is 5.32 Å². The summed E-state index contributed by atoms with van der Waals surface area (Å²) < 4.78 is 28.1. The van der Waals surface area contributed by atoms with Crippen LogP contribution in [0.4, 0.5) is 0 Å². The Hall–Kier alpha value is -0.960. The Bertz CT molecular complexity index is 569. The van der Waals surface area contributed by atoms with E-state index in [4.69, 9.17) is 0 Å². The highest BCUT2D eigenvalue weighted by Crippen LogP contribution is 2.19. The number of nitrogens with one attached hydrogen (secondary N) is 1. The maximum absolute atomic E-state index is 12.5. The summed E-state index contributed by atoms with van der Waals surface area (Å²) in [5, 5.41) is 12.8. The summed E-state index contributed by atoms with van der Waals surface area (Å²) in [5.41, 5.74) is 0. The van der Waals surface area contributed by atoms with Crippen LogP contribution in [0.2, 0.25) is 0 Å². The fourth-order valence-electron chi connectivity index (χ4n) is 2.42. The van der Waals surface area contributed by atoms with Gasteiger partial charge in [0, 0.05) is 32.9 Å². The number of imidazole rings is 1. The number of aromatic nitrogens is 2. The summed E-state index contributed by atoms with van der Waals surface area (Å²) in [7, 11) is -2.18. The second kappa shape index (κ2) is 5.80. The predicted molar refractivity (Wildman–Crippen MR) is 74.9 cm³/mol. The predicted octanol–water partition coefficient (Wildman–Crippen LogP) is -0.445. The van der Waals surface area contributed by atoms with Crippen molar-refractivity contribution >= 4 is 10.0 Å². The van der Waals surface area contributed by atoms with Gasteiger partial charge < -0.3 is 15.0 Å². The van der Waals surface area contributed by atoms with Crippen LogP contribution >= 0.6 is 0 Å². The minimum absolute atomic E-state index is 0.0463. The number of hydrogen-bond acceptors (Lipinski definition) is 5. The Kier molecular flexibility index (Phi) is 4.48. The monoisotopic (exact) mass is 302 g/mol. The van der Waals surface area contributed by atoms with E-state index in [9.17, 15) is 13.5 Å². The van der Waals surface area contributed by atoms with Gasteiger partial charge in [-0.25, -0.2) is 13.4 Å². The molecule has 0 unspecified atom stereocenters. The molecule has 7 nitrogen and oxygen atoms in total. The fourth-order valence-corrected chi connectivity index (χ4v) is 3.79. The van der Waals surface area contributed by atoms with Crippen molar-refractivity contribution < 1.29 is 13.5 Å². The van der Waals surface area contributed by atoms with Crippen LogP contribution in [0.5, 0.6) is 0 Å². The minimum Gasteiger partial charge on any atom is -0.390 e. The third-order valence-corrected chi connectivity index (χ3v) is 5.43. The molecule has 1 aromatic heterocycles. The Morgan fingerprint density at radius 2 is 2.25 bits per heavy atom. The van der Waals surface area contributed by atoms with Gasteiger partial charge in [-0.3, -0.25) is 0 Å². The Morgan fingerprint density at radius 1 is 1.55 bits per heavy atom.